The van der Waals surface area contributed by atoms with E-state index in [9.17, 15) is 0 Å². The number of ether oxygens (including phenoxy) is 1. The van der Waals surface area contributed by atoms with Crippen molar-refractivity contribution in [2.24, 2.45) is 11.3 Å². The van der Waals surface area contributed by atoms with E-state index in [1.54, 1.807) is 0 Å². The molecule has 0 spiro atoms. The standard InChI is InChI=1S/C14H28N2O/c1-3-14(6-4-7-15-10-14)11-16-12(2)13-5-8-17-9-13/h12-13,15-16H,3-11H2,1-2H3. The number of piperidine rings is 1. The molecule has 3 atom stereocenters. The van der Waals surface area contributed by atoms with E-state index < -0.39 is 0 Å². The Hall–Kier alpha value is -0.120. The SMILES string of the molecule is CCC1(CNC(C)C2CCOC2)CCCNC1. The second-order valence-electron chi connectivity index (χ2n) is 5.93. The van der Waals surface area contributed by atoms with Crippen LogP contribution < -0.4 is 10.6 Å². The molecule has 2 aliphatic heterocycles. The van der Waals surface area contributed by atoms with E-state index in [1.165, 1.54) is 38.8 Å². The highest BCUT2D eigenvalue weighted by molar-refractivity contribution is 4.88. The van der Waals surface area contributed by atoms with E-state index in [-0.39, 0.29) is 0 Å². The lowest BCUT2D eigenvalue weighted by Crippen LogP contribution is -2.49. The zero-order valence-electron chi connectivity index (χ0n) is 11.4. The Morgan fingerprint density at radius 1 is 1.53 bits per heavy atom. The molecule has 2 fully saturated rings. The van der Waals surface area contributed by atoms with Gasteiger partial charge in [0.1, 0.15) is 0 Å². The molecule has 0 bridgehead atoms. The van der Waals surface area contributed by atoms with E-state index in [1.807, 2.05) is 0 Å². The van der Waals surface area contributed by atoms with Crippen molar-refractivity contribution in [2.75, 3.05) is 32.8 Å². The van der Waals surface area contributed by atoms with Gasteiger partial charge in [0, 0.05) is 25.7 Å². The van der Waals surface area contributed by atoms with E-state index in [0.29, 0.717) is 11.5 Å². The quantitative estimate of drug-likeness (QED) is 0.768. The van der Waals surface area contributed by atoms with Crippen molar-refractivity contribution in [3.8, 4) is 0 Å². The summed E-state index contributed by atoms with van der Waals surface area (Å²) in [7, 11) is 0. The Morgan fingerprint density at radius 2 is 2.41 bits per heavy atom. The summed E-state index contributed by atoms with van der Waals surface area (Å²) in [5.41, 5.74) is 0.492. The van der Waals surface area contributed by atoms with Crippen LogP contribution in [0, 0.1) is 11.3 Å². The molecule has 3 nitrogen and oxygen atoms in total. The van der Waals surface area contributed by atoms with Crippen LogP contribution in [-0.2, 0) is 4.74 Å². The summed E-state index contributed by atoms with van der Waals surface area (Å²) in [6, 6.07) is 0.600. The van der Waals surface area contributed by atoms with Crippen molar-refractivity contribution in [2.45, 2.75) is 45.6 Å². The Morgan fingerprint density at radius 3 is 3.00 bits per heavy atom. The number of hydrogen-bond donors (Lipinski definition) is 2. The Labute approximate surface area is 106 Å². The first kappa shape index (κ1) is 13.3. The first-order valence-corrected chi connectivity index (χ1v) is 7.28. The summed E-state index contributed by atoms with van der Waals surface area (Å²) >= 11 is 0. The van der Waals surface area contributed by atoms with Gasteiger partial charge in [-0.2, -0.15) is 0 Å². The number of nitrogens with one attached hydrogen (secondary N) is 2. The van der Waals surface area contributed by atoms with Crippen molar-refractivity contribution in [1.82, 2.24) is 10.6 Å². The highest BCUT2D eigenvalue weighted by Gasteiger charge is 2.31. The fourth-order valence-corrected chi connectivity index (χ4v) is 3.10. The van der Waals surface area contributed by atoms with E-state index in [0.717, 1.165) is 25.7 Å². The molecule has 2 aliphatic rings. The second kappa shape index (κ2) is 6.17. The lowest BCUT2D eigenvalue weighted by molar-refractivity contribution is 0.161. The van der Waals surface area contributed by atoms with Crippen LogP contribution in [0.5, 0.6) is 0 Å². The van der Waals surface area contributed by atoms with Crippen LogP contribution >= 0.6 is 0 Å². The fourth-order valence-electron chi connectivity index (χ4n) is 3.10. The van der Waals surface area contributed by atoms with Gasteiger partial charge in [-0.3, -0.25) is 0 Å². The molecule has 2 N–H and O–H groups in total. The van der Waals surface area contributed by atoms with Crippen molar-refractivity contribution in [3.63, 3.8) is 0 Å². The molecule has 0 amide bonds. The molecule has 0 aromatic heterocycles. The van der Waals surface area contributed by atoms with Crippen LogP contribution in [0.2, 0.25) is 0 Å². The predicted molar refractivity (Wildman–Crippen MR) is 71.2 cm³/mol. The fraction of sp³-hybridized carbons (Fsp3) is 1.00. The van der Waals surface area contributed by atoms with Gasteiger partial charge in [-0.1, -0.05) is 6.92 Å². The molecule has 3 heteroatoms. The van der Waals surface area contributed by atoms with E-state index >= 15 is 0 Å². The minimum Gasteiger partial charge on any atom is -0.381 e. The summed E-state index contributed by atoms with van der Waals surface area (Å²) in [6.45, 7) is 10.1. The van der Waals surface area contributed by atoms with Gasteiger partial charge in [0.05, 0.1) is 6.61 Å². The maximum absolute atomic E-state index is 5.47. The van der Waals surface area contributed by atoms with Crippen LogP contribution in [-0.4, -0.2) is 38.9 Å². The third-order valence-electron chi connectivity index (χ3n) is 4.78. The minimum absolute atomic E-state index is 0.492. The lowest BCUT2D eigenvalue weighted by atomic mass is 9.78. The highest BCUT2D eigenvalue weighted by atomic mass is 16.5. The van der Waals surface area contributed by atoms with E-state index in [4.69, 9.17) is 4.74 Å². The summed E-state index contributed by atoms with van der Waals surface area (Å²) in [6.07, 6.45) is 5.21. The van der Waals surface area contributed by atoms with Gasteiger partial charge < -0.3 is 15.4 Å². The molecule has 100 valence electrons. The first-order valence-electron chi connectivity index (χ1n) is 7.28. The van der Waals surface area contributed by atoms with Gasteiger partial charge in [0.2, 0.25) is 0 Å². The van der Waals surface area contributed by atoms with Crippen LogP contribution in [0.4, 0.5) is 0 Å². The number of hydrogen-bond acceptors (Lipinski definition) is 3. The third-order valence-corrected chi connectivity index (χ3v) is 4.78. The van der Waals surface area contributed by atoms with Gasteiger partial charge in [-0.05, 0) is 50.5 Å². The molecule has 2 saturated heterocycles. The zero-order valence-corrected chi connectivity index (χ0v) is 11.4. The largest absolute Gasteiger partial charge is 0.381 e. The Bertz CT molecular complexity index is 220. The highest BCUT2D eigenvalue weighted by Crippen LogP contribution is 2.29. The molecule has 0 aromatic carbocycles. The van der Waals surface area contributed by atoms with Crippen molar-refractivity contribution >= 4 is 0 Å². The summed E-state index contributed by atoms with van der Waals surface area (Å²) in [5.74, 6) is 0.723. The van der Waals surface area contributed by atoms with Crippen molar-refractivity contribution in [3.05, 3.63) is 0 Å². The second-order valence-corrected chi connectivity index (χ2v) is 5.93. The van der Waals surface area contributed by atoms with Crippen LogP contribution in [0.25, 0.3) is 0 Å². The summed E-state index contributed by atoms with van der Waals surface area (Å²) < 4.78 is 5.47. The molecule has 17 heavy (non-hydrogen) atoms. The topological polar surface area (TPSA) is 33.3 Å². The summed E-state index contributed by atoms with van der Waals surface area (Å²) in [4.78, 5) is 0. The summed E-state index contributed by atoms with van der Waals surface area (Å²) in [5, 5.41) is 7.32. The first-order chi connectivity index (χ1) is 8.26. The number of rotatable bonds is 5. The van der Waals surface area contributed by atoms with Gasteiger partial charge >= 0.3 is 0 Å². The average Bonchev–Trinajstić information content (AvgIpc) is 2.91. The van der Waals surface area contributed by atoms with Crippen LogP contribution in [0.3, 0.4) is 0 Å². The molecular formula is C14H28N2O. The van der Waals surface area contributed by atoms with E-state index in [2.05, 4.69) is 24.5 Å². The Kier molecular flexibility index (Phi) is 4.83. The van der Waals surface area contributed by atoms with Crippen LogP contribution in [0.1, 0.15) is 39.5 Å². The lowest BCUT2D eigenvalue weighted by Gasteiger charge is -2.38. The third kappa shape index (κ3) is 3.43. The predicted octanol–water partition coefficient (Wildman–Crippen LogP) is 1.78. The molecule has 0 aliphatic carbocycles. The van der Waals surface area contributed by atoms with Crippen LogP contribution in [0.15, 0.2) is 0 Å². The van der Waals surface area contributed by atoms with Gasteiger partial charge in [0.15, 0.2) is 0 Å². The van der Waals surface area contributed by atoms with Gasteiger partial charge in [0.25, 0.3) is 0 Å². The molecule has 0 aromatic rings. The monoisotopic (exact) mass is 240 g/mol. The molecule has 2 rings (SSSR count). The van der Waals surface area contributed by atoms with Crippen molar-refractivity contribution < 1.29 is 4.74 Å². The molecule has 0 saturated carbocycles. The normalized spacial score (nSPS) is 36.0. The molecule has 3 unspecified atom stereocenters. The molecule has 2 heterocycles. The minimum atomic E-state index is 0.492. The molecular weight excluding hydrogens is 212 g/mol. The van der Waals surface area contributed by atoms with Gasteiger partial charge in [-0.25, -0.2) is 0 Å². The maximum atomic E-state index is 5.47. The smallest absolute Gasteiger partial charge is 0.0509 e. The molecule has 0 radical (unpaired) electrons. The maximum Gasteiger partial charge on any atom is 0.0509 e. The van der Waals surface area contributed by atoms with Gasteiger partial charge in [-0.15, -0.1) is 0 Å². The van der Waals surface area contributed by atoms with Crippen molar-refractivity contribution in [1.29, 1.82) is 0 Å². The Balaban J connectivity index is 1.78. The zero-order chi connectivity index (χ0) is 12.1. The average molecular weight is 240 g/mol.